The number of hydrogen-bond donors (Lipinski definition) is 2. The Morgan fingerprint density at radius 1 is 1.47 bits per heavy atom. The summed E-state index contributed by atoms with van der Waals surface area (Å²) in [6.45, 7) is 7.61. The molecule has 15 heavy (non-hydrogen) atoms. The highest BCUT2D eigenvalue weighted by atomic mass is 16.6. The summed E-state index contributed by atoms with van der Waals surface area (Å²) in [5, 5.41) is 0. The van der Waals surface area contributed by atoms with Crippen LogP contribution in [-0.2, 0) is 4.74 Å². The van der Waals surface area contributed by atoms with Crippen LogP contribution in [0.2, 0.25) is 0 Å². The van der Waals surface area contributed by atoms with Gasteiger partial charge in [0.2, 0.25) is 0 Å². The van der Waals surface area contributed by atoms with Crippen LogP contribution in [0.4, 0.5) is 4.79 Å². The molecule has 0 saturated heterocycles. The lowest BCUT2D eigenvalue weighted by atomic mass is 10.2. The van der Waals surface area contributed by atoms with Crippen LogP contribution in [0.25, 0.3) is 0 Å². The van der Waals surface area contributed by atoms with E-state index in [0.717, 1.165) is 12.3 Å². The van der Waals surface area contributed by atoms with Gasteiger partial charge in [-0.05, 0) is 40.0 Å². The highest BCUT2D eigenvalue weighted by Crippen LogP contribution is 2.33. The van der Waals surface area contributed by atoms with E-state index in [0.29, 0.717) is 6.04 Å². The molecule has 0 heterocycles. The van der Waals surface area contributed by atoms with Crippen molar-refractivity contribution in [1.29, 1.82) is 0 Å². The van der Waals surface area contributed by atoms with E-state index in [-0.39, 0.29) is 0 Å². The van der Waals surface area contributed by atoms with Crippen molar-refractivity contribution in [3.8, 4) is 0 Å². The zero-order valence-corrected chi connectivity index (χ0v) is 10.1. The molecular weight excluding hydrogens is 192 g/mol. The van der Waals surface area contributed by atoms with Crippen molar-refractivity contribution in [2.45, 2.75) is 58.6 Å². The molecule has 1 unspecified atom stereocenters. The number of carbonyl (C=O) groups is 1. The van der Waals surface area contributed by atoms with Crippen molar-refractivity contribution in [2.75, 3.05) is 0 Å². The third kappa shape index (κ3) is 6.33. The number of carbonyl (C=O) groups excluding carboxylic acids is 1. The summed E-state index contributed by atoms with van der Waals surface area (Å²) < 4.78 is 5.10. The highest BCUT2D eigenvalue weighted by molar-refractivity contribution is 5.66. The minimum Gasteiger partial charge on any atom is -0.443 e. The molecule has 4 heteroatoms. The SMILES string of the molecule is CC(CC1CC1)NNC(=O)OC(C)(C)C. The molecular formula is C11H22N2O2. The second kappa shape index (κ2) is 4.84. The maximum Gasteiger partial charge on any atom is 0.422 e. The van der Waals surface area contributed by atoms with Crippen molar-refractivity contribution in [3.63, 3.8) is 0 Å². The lowest BCUT2D eigenvalue weighted by Gasteiger charge is -2.21. The van der Waals surface area contributed by atoms with Crippen LogP contribution >= 0.6 is 0 Å². The van der Waals surface area contributed by atoms with Crippen molar-refractivity contribution < 1.29 is 9.53 Å². The van der Waals surface area contributed by atoms with Gasteiger partial charge in [0.25, 0.3) is 0 Å². The first-order valence-corrected chi connectivity index (χ1v) is 5.61. The largest absolute Gasteiger partial charge is 0.443 e. The van der Waals surface area contributed by atoms with Crippen molar-refractivity contribution >= 4 is 6.09 Å². The van der Waals surface area contributed by atoms with Gasteiger partial charge in [-0.1, -0.05) is 12.8 Å². The van der Waals surface area contributed by atoms with E-state index in [9.17, 15) is 4.79 Å². The van der Waals surface area contributed by atoms with Gasteiger partial charge in [0.1, 0.15) is 5.60 Å². The van der Waals surface area contributed by atoms with Crippen LogP contribution < -0.4 is 10.9 Å². The Morgan fingerprint density at radius 2 is 2.07 bits per heavy atom. The lowest BCUT2D eigenvalue weighted by Crippen LogP contribution is -2.45. The molecule has 2 N–H and O–H groups in total. The summed E-state index contributed by atoms with van der Waals surface area (Å²) in [5.41, 5.74) is 5.07. The zero-order valence-electron chi connectivity index (χ0n) is 10.1. The fourth-order valence-corrected chi connectivity index (χ4v) is 1.40. The maximum atomic E-state index is 11.3. The van der Waals surface area contributed by atoms with Crippen molar-refractivity contribution in [3.05, 3.63) is 0 Å². The van der Waals surface area contributed by atoms with Gasteiger partial charge in [0.05, 0.1) is 0 Å². The molecule has 0 aromatic carbocycles. The first kappa shape index (κ1) is 12.3. The van der Waals surface area contributed by atoms with E-state index >= 15 is 0 Å². The van der Waals surface area contributed by atoms with E-state index in [1.165, 1.54) is 12.8 Å². The monoisotopic (exact) mass is 214 g/mol. The fraction of sp³-hybridized carbons (Fsp3) is 0.909. The number of hydrogen-bond acceptors (Lipinski definition) is 3. The Balaban J connectivity index is 2.09. The van der Waals surface area contributed by atoms with Crippen LogP contribution in [-0.4, -0.2) is 17.7 Å². The van der Waals surface area contributed by atoms with Gasteiger partial charge in [0.15, 0.2) is 0 Å². The number of hydrazine groups is 1. The average Bonchev–Trinajstić information content (AvgIpc) is 2.81. The Kier molecular flexibility index (Phi) is 3.97. The molecule has 1 amide bonds. The molecule has 0 aliphatic heterocycles. The Morgan fingerprint density at radius 3 is 2.53 bits per heavy atom. The molecule has 0 spiro atoms. The summed E-state index contributed by atoms with van der Waals surface area (Å²) in [7, 11) is 0. The molecule has 0 aromatic rings. The molecule has 1 fully saturated rings. The molecule has 1 rings (SSSR count). The normalized spacial score (nSPS) is 18.4. The van der Waals surface area contributed by atoms with Gasteiger partial charge in [0, 0.05) is 6.04 Å². The minimum absolute atomic E-state index is 0.310. The fourth-order valence-electron chi connectivity index (χ4n) is 1.40. The first-order chi connectivity index (χ1) is 6.87. The van der Waals surface area contributed by atoms with E-state index < -0.39 is 11.7 Å². The summed E-state index contributed by atoms with van der Waals surface area (Å²) >= 11 is 0. The van der Waals surface area contributed by atoms with Crippen LogP contribution in [0, 0.1) is 5.92 Å². The predicted molar refractivity (Wildman–Crippen MR) is 59.3 cm³/mol. The second-order valence-electron chi connectivity index (χ2n) is 5.35. The summed E-state index contributed by atoms with van der Waals surface area (Å²) in [6, 6.07) is 0.310. The maximum absolute atomic E-state index is 11.3. The van der Waals surface area contributed by atoms with Gasteiger partial charge in [-0.2, -0.15) is 0 Å². The molecule has 1 saturated carbocycles. The predicted octanol–water partition coefficient (Wildman–Crippen LogP) is 2.20. The molecule has 1 aliphatic carbocycles. The molecule has 0 radical (unpaired) electrons. The molecule has 4 nitrogen and oxygen atoms in total. The summed E-state index contributed by atoms with van der Waals surface area (Å²) in [5.74, 6) is 0.855. The average molecular weight is 214 g/mol. The summed E-state index contributed by atoms with van der Waals surface area (Å²) in [6.07, 6.45) is 3.37. The van der Waals surface area contributed by atoms with E-state index in [4.69, 9.17) is 4.74 Å². The summed E-state index contributed by atoms with van der Waals surface area (Å²) in [4.78, 5) is 11.3. The minimum atomic E-state index is -0.439. The van der Waals surface area contributed by atoms with Crippen LogP contribution in [0.5, 0.6) is 0 Å². The van der Waals surface area contributed by atoms with Gasteiger partial charge in [-0.25, -0.2) is 10.2 Å². The van der Waals surface area contributed by atoms with E-state index in [2.05, 4.69) is 17.8 Å². The van der Waals surface area contributed by atoms with E-state index in [1.54, 1.807) is 0 Å². The molecule has 0 bridgehead atoms. The topological polar surface area (TPSA) is 50.4 Å². The van der Waals surface area contributed by atoms with Crippen LogP contribution in [0.1, 0.15) is 47.0 Å². The highest BCUT2D eigenvalue weighted by Gasteiger charge is 2.24. The number of amides is 1. The second-order valence-corrected chi connectivity index (χ2v) is 5.35. The standard InChI is InChI=1S/C11H22N2O2/c1-8(7-9-5-6-9)12-13-10(14)15-11(2,3)4/h8-9,12H,5-7H2,1-4H3,(H,13,14). The molecule has 1 atom stereocenters. The van der Waals surface area contributed by atoms with E-state index in [1.807, 2.05) is 20.8 Å². The van der Waals surface area contributed by atoms with Crippen molar-refractivity contribution in [2.24, 2.45) is 5.92 Å². The molecule has 88 valence electrons. The zero-order chi connectivity index (χ0) is 11.5. The number of nitrogens with one attached hydrogen (secondary N) is 2. The molecule has 0 aromatic heterocycles. The third-order valence-electron chi connectivity index (χ3n) is 2.20. The Labute approximate surface area is 91.7 Å². The van der Waals surface area contributed by atoms with Crippen LogP contribution in [0.15, 0.2) is 0 Å². The van der Waals surface area contributed by atoms with Crippen LogP contribution in [0.3, 0.4) is 0 Å². The van der Waals surface area contributed by atoms with Gasteiger partial charge >= 0.3 is 6.09 Å². The lowest BCUT2D eigenvalue weighted by molar-refractivity contribution is 0.0488. The number of rotatable bonds is 4. The van der Waals surface area contributed by atoms with Gasteiger partial charge in [-0.3, -0.25) is 5.43 Å². The van der Waals surface area contributed by atoms with Gasteiger partial charge < -0.3 is 4.74 Å². The first-order valence-electron chi connectivity index (χ1n) is 5.61. The molecule has 1 aliphatic rings. The van der Waals surface area contributed by atoms with Crippen molar-refractivity contribution in [1.82, 2.24) is 10.9 Å². The Hall–Kier alpha value is -0.770. The quantitative estimate of drug-likeness (QED) is 0.705. The smallest absolute Gasteiger partial charge is 0.422 e. The van der Waals surface area contributed by atoms with Gasteiger partial charge in [-0.15, -0.1) is 0 Å². The third-order valence-corrected chi connectivity index (χ3v) is 2.20. The number of ether oxygens (including phenoxy) is 1. The Bertz CT molecular complexity index is 219.